The van der Waals surface area contributed by atoms with Crippen molar-refractivity contribution < 1.29 is 24.1 Å². The maximum absolute atomic E-state index is 10.3. The second kappa shape index (κ2) is 2.84. The summed E-state index contributed by atoms with van der Waals surface area (Å²) in [5.41, 5.74) is -0.672. The number of carbonyl (C=O) groups is 1. The molecule has 0 aromatic rings. The van der Waals surface area contributed by atoms with Gasteiger partial charge in [-0.1, -0.05) is 0 Å². The van der Waals surface area contributed by atoms with E-state index in [0.717, 1.165) is 0 Å². The maximum atomic E-state index is 10.3. The van der Waals surface area contributed by atoms with Crippen LogP contribution >= 0.6 is 0 Å². The molecular weight excluding hydrogens is 188 g/mol. The lowest BCUT2D eigenvalue weighted by molar-refractivity contribution is -0.0806. The number of ether oxygens (including phenoxy) is 3. The summed E-state index contributed by atoms with van der Waals surface area (Å²) in [6, 6.07) is 0. The molecule has 0 bridgehead atoms. The van der Waals surface area contributed by atoms with E-state index in [4.69, 9.17) is 14.6 Å². The molecule has 0 aromatic heterocycles. The zero-order valence-electron chi connectivity index (χ0n) is 8.28. The van der Waals surface area contributed by atoms with Crippen molar-refractivity contribution in [3.8, 4) is 0 Å². The second-order valence-electron chi connectivity index (χ2n) is 4.43. The molecular formula is C9H14O5. The van der Waals surface area contributed by atoms with E-state index in [-0.39, 0.29) is 5.60 Å². The lowest BCUT2D eigenvalue weighted by Gasteiger charge is -2.33. The first kappa shape index (κ1) is 9.73. The monoisotopic (exact) mass is 202 g/mol. The van der Waals surface area contributed by atoms with E-state index in [1.54, 1.807) is 0 Å². The van der Waals surface area contributed by atoms with Crippen LogP contribution in [-0.4, -0.2) is 35.4 Å². The largest absolute Gasteiger partial charge is 0.508 e. The third-order valence-corrected chi connectivity index (χ3v) is 2.66. The highest BCUT2D eigenvalue weighted by molar-refractivity contribution is 5.57. The predicted octanol–water partition coefficient (Wildman–Crippen LogP) is 1.37. The number of epoxide rings is 1. The highest BCUT2D eigenvalue weighted by Gasteiger charge is 2.63. The minimum absolute atomic E-state index is 0.255. The molecule has 0 aromatic carbocycles. The molecule has 2 aliphatic rings. The molecule has 80 valence electrons. The zero-order valence-corrected chi connectivity index (χ0v) is 8.28. The molecule has 2 saturated heterocycles. The van der Waals surface area contributed by atoms with Crippen LogP contribution in [0.15, 0.2) is 0 Å². The van der Waals surface area contributed by atoms with Crippen molar-refractivity contribution in [2.75, 3.05) is 6.61 Å². The van der Waals surface area contributed by atoms with Gasteiger partial charge in [0.25, 0.3) is 0 Å². The fraction of sp³-hybridized carbons (Fsp3) is 0.889. The molecule has 5 nitrogen and oxygen atoms in total. The predicted molar refractivity (Wildman–Crippen MR) is 46.0 cm³/mol. The highest BCUT2D eigenvalue weighted by atomic mass is 16.8. The quantitative estimate of drug-likeness (QED) is 0.513. The fourth-order valence-corrected chi connectivity index (χ4v) is 2.06. The normalized spacial score (nSPS) is 39.4. The Morgan fingerprint density at radius 2 is 2.29 bits per heavy atom. The van der Waals surface area contributed by atoms with Crippen molar-refractivity contribution in [1.29, 1.82) is 0 Å². The first-order valence-corrected chi connectivity index (χ1v) is 4.65. The molecule has 2 atom stereocenters. The molecule has 2 rings (SSSR count). The minimum Gasteiger partial charge on any atom is -0.450 e. The van der Waals surface area contributed by atoms with E-state index in [0.29, 0.717) is 19.4 Å². The maximum Gasteiger partial charge on any atom is 0.508 e. The SMILES string of the molecule is CC1(C)CC2(CCO1)OC2OC(=O)O. The number of hydrogen-bond acceptors (Lipinski definition) is 4. The molecule has 1 spiro atoms. The Balaban J connectivity index is 1.96. The second-order valence-corrected chi connectivity index (χ2v) is 4.43. The summed E-state index contributed by atoms with van der Waals surface area (Å²) < 4.78 is 15.4. The van der Waals surface area contributed by atoms with Crippen LogP contribution in [0.4, 0.5) is 4.79 Å². The van der Waals surface area contributed by atoms with E-state index in [1.807, 2.05) is 13.8 Å². The van der Waals surface area contributed by atoms with Gasteiger partial charge in [0.2, 0.25) is 6.29 Å². The smallest absolute Gasteiger partial charge is 0.450 e. The van der Waals surface area contributed by atoms with Crippen LogP contribution in [0.25, 0.3) is 0 Å². The first-order valence-electron chi connectivity index (χ1n) is 4.65. The Hall–Kier alpha value is -0.810. The van der Waals surface area contributed by atoms with Crippen LogP contribution in [0.3, 0.4) is 0 Å². The Morgan fingerprint density at radius 3 is 2.86 bits per heavy atom. The lowest BCUT2D eigenvalue weighted by Crippen LogP contribution is -2.40. The molecule has 2 heterocycles. The molecule has 1 N–H and O–H groups in total. The van der Waals surface area contributed by atoms with Gasteiger partial charge in [0.1, 0.15) is 5.60 Å². The van der Waals surface area contributed by atoms with Gasteiger partial charge in [-0.25, -0.2) is 4.79 Å². The highest BCUT2D eigenvalue weighted by Crippen LogP contribution is 2.49. The molecule has 5 heteroatoms. The summed E-state index contributed by atoms with van der Waals surface area (Å²) in [4.78, 5) is 10.3. The summed E-state index contributed by atoms with van der Waals surface area (Å²) in [5.74, 6) is 0. The molecule has 0 amide bonds. The van der Waals surface area contributed by atoms with Crippen LogP contribution < -0.4 is 0 Å². The van der Waals surface area contributed by atoms with Gasteiger partial charge >= 0.3 is 6.16 Å². The van der Waals surface area contributed by atoms with Crippen LogP contribution in [-0.2, 0) is 14.2 Å². The summed E-state index contributed by atoms with van der Waals surface area (Å²) in [7, 11) is 0. The van der Waals surface area contributed by atoms with Gasteiger partial charge in [0, 0.05) is 12.8 Å². The average molecular weight is 202 g/mol. The molecule has 0 radical (unpaired) electrons. The summed E-state index contributed by atoms with van der Waals surface area (Å²) in [6.07, 6.45) is -0.494. The van der Waals surface area contributed by atoms with Crippen LogP contribution in [0.5, 0.6) is 0 Å². The van der Waals surface area contributed by atoms with Crippen molar-refractivity contribution in [3.05, 3.63) is 0 Å². The van der Waals surface area contributed by atoms with E-state index < -0.39 is 18.0 Å². The topological polar surface area (TPSA) is 68.3 Å². The van der Waals surface area contributed by atoms with E-state index in [1.165, 1.54) is 0 Å². The number of rotatable bonds is 1. The van der Waals surface area contributed by atoms with Crippen LogP contribution in [0, 0.1) is 0 Å². The van der Waals surface area contributed by atoms with E-state index >= 15 is 0 Å². The van der Waals surface area contributed by atoms with Gasteiger partial charge in [-0.15, -0.1) is 0 Å². The summed E-state index contributed by atoms with van der Waals surface area (Å²) in [6.45, 7) is 4.52. The molecule has 2 aliphatic heterocycles. The van der Waals surface area contributed by atoms with Gasteiger partial charge in [0.15, 0.2) is 0 Å². The molecule has 0 saturated carbocycles. The van der Waals surface area contributed by atoms with Crippen molar-refractivity contribution >= 4 is 6.16 Å². The molecule has 14 heavy (non-hydrogen) atoms. The van der Waals surface area contributed by atoms with Crippen molar-refractivity contribution in [1.82, 2.24) is 0 Å². The van der Waals surface area contributed by atoms with E-state index in [9.17, 15) is 4.79 Å². The molecule has 2 unspecified atom stereocenters. The Bertz CT molecular complexity index is 262. The summed E-state index contributed by atoms with van der Waals surface area (Å²) >= 11 is 0. The number of hydrogen-bond donors (Lipinski definition) is 1. The van der Waals surface area contributed by atoms with Crippen LogP contribution in [0.2, 0.25) is 0 Å². The van der Waals surface area contributed by atoms with Gasteiger partial charge in [-0.3, -0.25) is 0 Å². The van der Waals surface area contributed by atoms with Crippen LogP contribution in [0.1, 0.15) is 26.7 Å². The Labute approximate surface area is 81.9 Å². The van der Waals surface area contributed by atoms with Crippen molar-refractivity contribution in [2.45, 2.75) is 44.2 Å². The van der Waals surface area contributed by atoms with Crippen molar-refractivity contribution in [2.24, 2.45) is 0 Å². The Kier molecular flexibility index (Phi) is 1.97. The average Bonchev–Trinajstić information content (AvgIpc) is 2.57. The molecule has 2 fully saturated rings. The summed E-state index contributed by atoms with van der Waals surface area (Å²) in [5, 5.41) is 8.43. The fourth-order valence-electron chi connectivity index (χ4n) is 2.06. The number of carboxylic acid groups (broad SMARTS) is 1. The first-order chi connectivity index (χ1) is 6.44. The van der Waals surface area contributed by atoms with E-state index in [2.05, 4.69) is 4.74 Å². The van der Waals surface area contributed by atoms with Gasteiger partial charge in [-0.05, 0) is 13.8 Å². The van der Waals surface area contributed by atoms with Gasteiger partial charge < -0.3 is 19.3 Å². The minimum atomic E-state index is -1.28. The lowest BCUT2D eigenvalue weighted by atomic mass is 9.88. The standard InChI is InChI=1S/C9H14O5/c1-8(2)5-9(3-4-12-8)6(14-9)13-7(10)11/h6H,3-5H2,1-2H3,(H,10,11). The van der Waals surface area contributed by atoms with Gasteiger partial charge in [0.05, 0.1) is 12.2 Å². The van der Waals surface area contributed by atoms with Gasteiger partial charge in [-0.2, -0.15) is 0 Å². The Morgan fingerprint density at radius 1 is 1.57 bits per heavy atom. The molecule has 0 aliphatic carbocycles. The van der Waals surface area contributed by atoms with Crippen molar-refractivity contribution in [3.63, 3.8) is 0 Å². The third kappa shape index (κ3) is 1.69. The zero-order chi connectivity index (χ0) is 10.4. The third-order valence-electron chi connectivity index (χ3n) is 2.66.